The smallest absolute Gasteiger partial charge is 0.219 e. The van der Waals surface area contributed by atoms with Gasteiger partial charge in [-0.05, 0) is 42.8 Å². The Balaban J connectivity index is 1.54. The van der Waals surface area contributed by atoms with Crippen LogP contribution in [0.2, 0.25) is 0 Å². The molecule has 0 aromatic carbocycles. The molecule has 0 aromatic rings. The standard InChI is InChI=1S/C17H29NO2S/c1-12(2)7-8-18-17(20)6-4-3-5-16-15-10-14(19)9-13(15)11-21-16/h12-13,15-16H,3-11H2,1-2H3,(H,18,20)/t13-,15-,16?/m1/s1. The van der Waals surface area contributed by atoms with Crippen LogP contribution in [0.5, 0.6) is 0 Å². The lowest BCUT2D eigenvalue weighted by Gasteiger charge is -2.16. The quantitative estimate of drug-likeness (QED) is 0.699. The van der Waals surface area contributed by atoms with Gasteiger partial charge in [-0.1, -0.05) is 20.3 Å². The van der Waals surface area contributed by atoms with E-state index in [0.717, 1.165) is 38.6 Å². The highest BCUT2D eigenvalue weighted by Gasteiger charge is 2.42. The molecular weight excluding hydrogens is 282 g/mol. The van der Waals surface area contributed by atoms with Crippen LogP contribution in [0, 0.1) is 17.8 Å². The number of hydrogen-bond acceptors (Lipinski definition) is 3. The van der Waals surface area contributed by atoms with Gasteiger partial charge in [-0.2, -0.15) is 11.8 Å². The fraction of sp³-hybridized carbons (Fsp3) is 0.882. The summed E-state index contributed by atoms with van der Waals surface area (Å²) >= 11 is 2.06. The SMILES string of the molecule is CC(C)CCNC(=O)CCCCC1SC[C@H]2CC(=O)C[C@@H]12. The maximum atomic E-state index is 11.7. The Bertz CT molecular complexity index is 370. The first-order valence-electron chi connectivity index (χ1n) is 8.46. The number of hydrogen-bond donors (Lipinski definition) is 1. The van der Waals surface area contributed by atoms with Crippen molar-refractivity contribution in [1.29, 1.82) is 0 Å². The van der Waals surface area contributed by atoms with Gasteiger partial charge in [0.2, 0.25) is 5.91 Å². The molecule has 0 radical (unpaired) electrons. The van der Waals surface area contributed by atoms with Crippen molar-refractivity contribution in [3.8, 4) is 0 Å². The molecule has 4 heteroatoms. The summed E-state index contributed by atoms with van der Waals surface area (Å²) in [7, 11) is 0. The third-order valence-electron chi connectivity index (χ3n) is 4.75. The first kappa shape index (κ1) is 16.9. The van der Waals surface area contributed by atoms with Gasteiger partial charge in [0.1, 0.15) is 5.78 Å². The Morgan fingerprint density at radius 3 is 2.90 bits per heavy atom. The number of nitrogens with one attached hydrogen (secondary N) is 1. The minimum Gasteiger partial charge on any atom is -0.356 e. The molecule has 3 atom stereocenters. The number of Topliss-reactive ketones (excluding diaryl/α,β-unsaturated/α-hetero) is 1. The monoisotopic (exact) mass is 311 g/mol. The summed E-state index contributed by atoms with van der Waals surface area (Å²) < 4.78 is 0. The van der Waals surface area contributed by atoms with Crippen LogP contribution in [-0.2, 0) is 9.59 Å². The average molecular weight is 311 g/mol. The first-order valence-corrected chi connectivity index (χ1v) is 9.51. The summed E-state index contributed by atoms with van der Waals surface area (Å²) in [5.74, 6) is 3.79. The molecule has 1 saturated heterocycles. The van der Waals surface area contributed by atoms with Crippen LogP contribution in [0.1, 0.15) is 58.8 Å². The molecular formula is C17H29NO2S. The third-order valence-corrected chi connectivity index (χ3v) is 6.38. The average Bonchev–Trinajstić information content (AvgIpc) is 2.94. The molecule has 2 aliphatic rings. The second kappa shape index (κ2) is 8.21. The molecule has 120 valence electrons. The van der Waals surface area contributed by atoms with Crippen molar-refractivity contribution in [3.63, 3.8) is 0 Å². The van der Waals surface area contributed by atoms with Gasteiger partial charge in [-0.15, -0.1) is 0 Å². The number of rotatable bonds is 8. The van der Waals surface area contributed by atoms with Crippen LogP contribution in [0.25, 0.3) is 0 Å². The van der Waals surface area contributed by atoms with E-state index in [1.807, 2.05) is 0 Å². The maximum absolute atomic E-state index is 11.7. The van der Waals surface area contributed by atoms with Crippen LogP contribution >= 0.6 is 11.8 Å². The van der Waals surface area contributed by atoms with Crippen molar-refractivity contribution in [2.75, 3.05) is 12.3 Å². The molecule has 3 nitrogen and oxygen atoms in total. The van der Waals surface area contributed by atoms with E-state index in [9.17, 15) is 9.59 Å². The first-order chi connectivity index (χ1) is 10.1. The summed E-state index contributed by atoms with van der Waals surface area (Å²) in [6.07, 6.45) is 6.63. The number of amides is 1. The fourth-order valence-electron chi connectivity index (χ4n) is 3.46. The zero-order valence-corrected chi connectivity index (χ0v) is 14.2. The molecule has 1 amide bonds. The van der Waals surface area contributed by atoms with E-state index >= 15 is 0 Å². The van der Waals surface area contributed by atoms with Crippen molar-refractivity contribution in [1.82, 2.24) is 5.32 Å². The van der Waals surface area contributed by atoms with E-state index in [0.29, 0.717) is 35.2 Å². The molecule has 1 saturated carbocycles. The van der Waals surface area contributed by atoms with E-state index in [-0.39, 0.29) is 5.91 Å². The number of fused-ring (bicyclic) bond motifs is 1. The normalized spacial score (nSPS) is 28.1. The number of carbonyl (C=O) groups is 2. The van der Waals surface area contributed by atoms with Gasteiger partial charge in [0, 0.05) is 31.1 Å². The van der Waals surface area contributed by atoms with Gasteiger partial charge in [0.25, 0.3) is 0 Å². The molecule has 21 heavy (non-hydrogen) atoms. The van der Waals surface area contributed by atoms with E-state index in [2.05, 4.69) is 30.9 Å². The zero-order chi connectivity index (χ0) is 15.2. The van der Waals surface area contributed by atoms with Gasteiger partial charge in [0.15, 0.2) is 0 Å². The van der Waals surface area contributed by atoms with Gasteiger partial charge in [0.05, 0.1) is 0 Å². The highest BCUT2D eigenvalue weighted by Crippen LogP contribution is 2.47. The molecule has 0 aromatic heterocycles. The van der Waals surface area contributed by atoms with Crippen molar-refractivity contribution >= 4 is 23.5 Å². The van der Waals surface area contributed by atoms with Crippen LogP contribution < -0.4 is 5.32 Å². The Kier molecular flexibility index (Phi) is 6.59. The van der Waals surface area contributed by atoms with Gasteiger partial charge >= 0.3 is 0 Å². The van der Waals surface area contributed by atoms with Crippen LogP contribution in [0.4, 0.5) is 0 Å². The zero-order valence-electron chi connectivity index (χ0n) is 13.4. The molecule has 0 spiro atoms. The predicted octanol–water partition coefficient (Wildman–Crippen LogP) is 3.42. The molecule has 1 heterocycles. The van der Waals surface area contributed by atoms with Crippen molar-refractivity contribution < 1.29 is 9.59 Å². The topological polar surface area (TPSA) is 46.2 Å². The second-order valence-electron chi connectivity index (χ2n) is 7.02. The van der Waals surface area contributed by atoms with Crippen molar-refractivity contribution in [2.45, 2.75) is 64.0 Å². The summed E-state index contributed by atoms with van der Waals surface area (Å²) in [5, 5.41) is 3.67. The largest absolute Gasteiger partial charge is 0.356 e. The van der Waals surface area contributed by atoms with Crippen LogP contribution in [0.15, 0.2) is 0 Å². The van der Waals surface area contributed by atoms with E-state index < -0.39 is 0 Å². The van der Waals surface area contributed by atoms with Crippen molar-refractivity contribution in [3.05, 3.63) is 0 Å². The highest BCUT2D eigenvalue weighted by molar-refractivity contribution is 8.00. The number of thioether (sulfide) groups is 1. The molecule has 1 aliphatic carbocycles. The Morgan fingerprint density at radius 1 is 1.33 bits per heavy atom. The van der Waals surface area contributed by atoms with Gasteiger partial charge in [-0.3, -0.25) is 9.59 Å². The Hall–Kier alpha value is -0.510. The van der Waals surface area contributed by atoms with Gasteiger partial charge < -0.3 is 5.32 Å². The van der Waals surface area contributed by atoms with Crippen LogP contribution in [-0.4, -0.2) is 29.2 Å². The van der Waals surface area contributed by atoms with Crippen molar-refractivity contribution in [2.24, 2.45) is 17.8 Å². The van der Waals surface area contributed by atoms with Crippen LogP contribution in [0.3, 0.4) is 0 Å². The third kappa shape index (κ3) is 5.32. The minimum absolute atomic E-state index is 0.198. The molecule has 0 bridgehead atoms. The maximum Gasteiger partial charge on any atom is 0.219 e. The van der Waals surface area contributed by atoms with Gasteiger partial charge in [-0.25, -0.2) is 0 Å². The molecule has 2 rings (SSSR count). The fourth-order valence-corrected chi connectivity index (χ4v) is 5.22. The highest BCUT2D eigenvalue weighted by atomic mass is 32.2. The summed E-state index contributed by atoms with van der Waals surface area (Å²) in [6.45, 7) is 5.15. The predicted molar refractivity (Wildman–Crippen MR) is 88.4 cm³/mol. The van der Waals surface area contributed by atoms with E-state index in [4.69, 9.17) is 0 Å². The lowest BCUT2D eigenvalue weighted by Crippen LogP contribution is -2.25. The van der Waals surface area contributed by atoms with E-state index in [1.165, 1.54) is 12.2 Å². The summed E-state index contributed by atoms with van der Waals surface area (Å²) in [5.41, 5.74) is 0. The lowest BCUT2D eigenvalue weighted by atomic mass is 9.92. The second-order valence-corrected chi connectivity index (χ2v) is 8.29. The molecule has 1 aliphatic heterocycles. The summed E-state index contributed by atoms with van der Waals surface area (Å²) in [6, 6.07) is 0. The number of carbonyl (C=O) groups excluding carboxylic acids is 2. The number of ketones is 1. The lowest BCUT2D eigenvalue weighted by molar-refractivity contribution is -0.121. The molecule has 2 fully saturated rings. The molecule has 1 N–H and O–H groups in total. The Labute approximate surface area is 133 Å². The molecule has 1 unspecified atom stereocenters. The van der Waals surface area contributed by atoms with E-state index in [1.54, 1.807) is 0 Å². The minimum atomic E-state index is 0.198. The Morgan fingerprint density at radius 2 is 2.14 bits per heavy atom. The number of unbranched alkanes of at least 4 members (excludes halogenated alkanes) is 1. The summed E-state index contributed by atoms with van der Waals surface area (Å²) in [4.78, 5) is 23.2.